The van der Waals surface area contributed by atoms with Crippen LogP contribution in [0.3, 0.4) is 0 Å². The fraction of sp³-hybridized carbons (Fsp3) is 0.176. The number of carbonyl (C=O) groups is 1. The molecule has 0 fully saturated rings. The maximum Gasteiger partial charge on any atom is 0.274 e. The lowest BCUT2D eigenvalue weighted by Crippen LogP contribution is -2.36. The number of aromatic amines is 1. The van der Waals surface area contributed by atoms with E-state index in [1.54, 1.807) is 6.07 Å². The van der Waals surface area contributed by atoms with Crippen LogP contribution >= 0.6 is 0 Å². The number of fused-ring (bicyclic) bond motifs is 1. The number of furan rings is 1. The molecule has 3 aromatic rings. The van der Waals surface area contributed by atoms with Gasteiger partial charge in [0.1, 0.15) is 29.6 Å². The fourth-order valence-corrected chi connectivity index (χ4v) is 2.32. The van der Waals surface area contributed by atoms with E-state index in [4.69, 9.17) is 20.6 Å². The summed E-state index contributed by atoms with van der Waals surface area (Å²) in [4.78, 5) is 18.8. The van der Waals surface area contributed by atoms with E-state index >= 15 is 0 Å². The lowest BCUT2D eigenvalue weighted by atomic mass is 10.2. The molecule has 8 nitrogen and oxygen atoms in total. The monoisotopic (exact) mass is 341 g/mol. The van der Waals surface area contributed by atoms with E-state index in [2.05, 4.69) is 15.3 Å². The number of benzene rings is 1. The summed E-state index contributed by atoms with van der Waals surface area (Å²) >= 11 is 0. The number of amides is 1. The Bertz CT molecular complexity index is 925. The van der Waals surface area contributed by atoms with Gasteiger partial charge in [-0.3, -0.25) is 15.1 Å². The molecule has 0 saturated carbocycles. The van der Waals surface area contributed by atoms with Gasteiger partial charge < -0.3 is 25.6 Å². The Kier molecular flexibility index (Phi) is 4.71. The lowest BCUT2D eigenvalue weighted by molar-refractivity contribution is 0.0972. The highest BCUT2D eigenvalue weighted by molar-refractivity contribution is 6.06. The maximum absolute atomic E-state index is 12.1. The Morgan fingerprint density at radius 2 is 2.08 bits per heavy atom. The molecule has 25 heavy (non-hydrogen) atoms. The Hall–Kier alpha value is -3.26. The summed E-state index contributed by atoms with van der Waals surface area (Å²) in [5.74, 6) is 1.77. The van der Waals surface area contributed by atoms with Crippen molar-refractivity contribution >= 4 is 22.8 Å². The summed E-state index contributed by atoms with van der Waals surface area (Å²) in [6.45, 7) is 0.648. The van der Waals surface area contributed by atoms with Gasteiger partial charge in [0.05, 0.1) is 6.54 Å². The first-order chi connectivity index (χ1) is 12.1. The second-order valence-corrected chi connectivity index (χ2v) is 5.36. The van der Waals surface area contributed by atoms with Crippen molar-refractivity contribution in [3.8, 4) is 5.75 Å². The molecule has 2 heterocycles. The molecule has 0 aliphatic carbocycles. The number of nitrogens with zero attached hydrogens (tertiary/aromatic N) is 1. The van der Waals surface area contributed by atoms with E-state index in [-0.39, 0.29) is 11.9 Å². The second-order valence-electron chi connectivity index (χ2n) is 5.36. The second kappa shape index (κ2) is 7.10. The van der Waals surface area contributed by atoms with Crippen molar-refractivity contribution in [2.75, 3.05) is 7.05 Å². The molecule has 0 bridgehead atoms. The molecule has 0 spiro atoms. The first-order valence-electron chi connectivity index (χ1n) is 7.66. The van der Waals surface area contributed by atoms with E-state index in [1.165, 1.54) is 7.05 Å². The zero-order chi connectivity index (χ0) is 17.8. The zero-order valence-electron chi connectivity index (χ0n) is 13.7. The molecule has 130 valence electrons. The summed E-state index contributed by atoms with van der Waals surface area (Å²) in [6.07, 6.45) is 0. The van der Waals surface area contributed by atoms with Crippen LogP contribution in [0.25, 0.3) is 10.9 Å². The first-order valence-corrected chi connectivity index (χ1v) is 7.66. The molecular weight excluding hydrogens is 322 g/mol. The molecule has 0 aliphatic heterocycles. The van der Waals surface area contributed by atoms with Gasteiger partial charge in [-0.2, -0.15) is 0 Å². The topological polar surface area (TPSA) is 132 Å². The van der Waals surface area contributed by atoms with Crippen molar-refractivity contribution < 1.29 is 13.9 Å². The van der Waals surface area contributed by atoms with Gasteiger partial charge in [-0.05, 0) is 30.3 Å². The number of H-pyrrole nitrogens is 1. The average molecular weight is 341 g/mol. The smallest absolute Gasteiger partial charge is 0.274 e. The third kappa shape index (κ3) is 3.81. The highest BCUT2D eigenvalue weighted by Gasteiger charge is 2.11. The number of carbonyl (C=O) groups excluding carboxylic acids is 1. The largest absolute Gasteiger partial charge is 0.486 e. The van der Waals surface area contributed by atoms with Crippen LogP contribution in [0, 0.1) is 0 Å². The number of aromatic nitrogens is 1. The van der Waals surface area contributed by atoms with Gasteiger partial charge in [-0.15, -0.1) is 0 Å². The van der Waals surface area contributed by atoms with Crippen molar-refractivity contribution in [3.05, 3.63) is 53.6 Å². The number of nitrogens with two attached hydrogens (primary N) is 2. The number of hydrogen-bond donors (Lipinski definition) is 4. The normalized spacial score (nSPS) is 11.7. The number of guanidine groups is 1. The third-order valence-corrected chi connectivity index (χ3v) is 3.62. The van der Waals surface area contributed by atoms with Crippen molar-refractivity contribution in [1.29, 1.82) is 0 Å². The van der Waals surface area contributed by atoms with Crippen molar-refractivity contribution in [1.82, 2.24) is 10.3 Å². The fourth-order valence-electron chi connectivity index (χ4n) is 2.32. The standard InChI is InChI=1S/C17H19N5O3/c1-20-17(19)22-16(23)15-6-10-2-3-11(7-14(10)21-15)24-9-13-5-4-12(8-18)25-13/h2-7,21H,8-9,18H2,1H3,(H3,19,20,22,23). The Labute approximate surface area is 143 Å². The molecule has 0 atom stereocenters. The minimum absolute atomic E-state index is 0.0583. The highest BCUT2D eigenvalue weighted by Crippen LogP contribution is 2.22. The SMILES string of the molecule is CN=C(N)NC(=O)c1cc2ccc(OCc3ccc(CN)o3)cc2[nH]1. The van der Waals surface area contributed by atoms with Crippen molar-refractivity contribution in [2.45, 2.75) is 13.2 Å². The molecule has 6 N–H and O–H groups in total. The number of ether oxygens (including phenoxy) is 1. The molecule has 0 unspecified atom stereocenters. The molecule has 0 radical (unpaired) electrons. The summed E-state index contributed by atoms with van der Waals surface area (Å²) < 4.78 is 11.2. The van der Waals surface area contributed by atoms with E-state index in [0.29, 0.717) is 36.1 Å². The molecule has 1 amide bonds. The lowest BCUT2D eigenvalue weighted by Gasteiger charge is -2.04. The van der Waals surface area contributed by atoms with Crippen LogP contribution in [0.5, 0.6) is 5.75 Å². The number of aliphatic imine (C=N–C) groups is 1. The molecule has 0 aliphatic rings. The van der Waals surface area contributed by atoms with E-state index in [9.17, 15) is 4.79 Å². The molecular formula is C17H19N5O3. The quantitative estimate of drug-likeness (QED) is 0.412. The number of rotatable bonds is 5. The van der Waals surface area contributed by atoms with Gasteiger partial charge in [0, 0.05) is 24.0 Å². The van der Waals surface area contributed by atoms with Gasteiger partial charge >= 0.3 is 0 Å². The van der Waals surface area contributed by atoms with Gasteiger partial charge in [-0.1, -0.05) is 0 Å². The maximum atomic E-state index is 12.1. The Balaban J connectivity index is 1.72. The van der Waals surface area contributed by atoms with Crippen LogP contribution in [0.4, 0.5) is 0 Å². The summed E-state index contributed by atoms with van der Waals surface area (Å²) in [7, 11) is 1.50. The van der Waals surface area contributed by atoms with Crippen LogP contribution in [-0.4, -0.2) is 23.9 Å². The summed E-state index contributed by atoms with van der Waals surface area (Å²) in [5.41, 5.74) is 12.2. The minimum atomic E-state index is -0.355. The Morgan fingerprint density at radius 3 is 2.80 bits per heavy atom. The summed E-state index contributed by atoms with van der Waals surface area (Å²) in [6, 6.07) is 10.9. The predicted octanol–water partition coefficient (Wildman–Crippen LogP) is 1.47. The van der Waals surface area contributed by atoms with Crippen LogP contribution in [0.1, 0.15) is 22.0 Å². The van der Waals surface area contributed by atoms with Gasteiger partial charge in [0.25, 0.3) is 5.91 Å². The van der Waals surface area contributed by atoms with Crippen LogP contribution in [-0.2, 0) is 13.2 Å². The van der Waals surface area contributed by atoms with Gasteiger partial charge in [-0.25, -0.2) is 0 Å². The van der Waals surface area contributed by atoms with Crippen molar-refractivity contribution in [2.24, 2.45) is 16.5 Å². The first kappa shape index (κ1) is 16.6. The number of hydrogen-bond acceptors (Lipinski definition) is 5. The minimum Gasteiger partial charge on any atom is -0.486 e. The van der Waals surface area contributed by atoms with E-state index < -0.39 is 0 Å². The van der Waals surface area contributed by atoms with Crippen LogP contribution in [0.2, 0.25) is 0 Å². The molecule has 3 rings (SSSR count). The van der Waals surface area contributed by atoms with Gasteiger partial charge in [0.15, 0.2) is 5.96 Å². The molecule has 2 aromatic heterocycles. The molecule has 8 heteroatoms. The van der Waals surface area contributed by atoms with Crippen LogP contribution < -0.4 is 21.5 Å². The number of nitrogens with one attached hydrogen (secondary N) is 2. The molecule has 0 saturated heterocycles. The average Bonchev–Trinajstić information content (AvgIpc) is 3.25. The third-order valence-electron chi connectivity index (χ3n) is 3.62. The zero-order valence-corrected chi connectivity index (χ0v) is 13.7. The van der Waals surface area contributed by atoms with E-state index in [0.717, 1.165) is 10.9 Å². The van der Waals surface area contributed by atoms with E-state index in [1.807, 2.05) is 30.3 Å². The Morgan fingerprint density at radius 1 is 1.28 bits per heavy atom. The van der Waals surface area contributed by atoms with Crippen molar-refractivity contribution in [3.63, 3.8) is 0 Å². The highest BCUT2D eigenvalue weighted by atomic mass is 16.5. The van der Waals surface area contributed by atoms with Crippen LogP contribution in [0.15, 0.2) is 45.8 Å². The summed E-state index contributed by atoms with van der Waals surface area (Å²) in [5, 5.41) is 3.36. The predicted molar refractivity (Wildman–Crippen MR) is 94.2 cm³/mol. The molecule has 1 aromatic carbocycles. The van der Waals surface area contributed by atoms with Gasteiger partial charge in [0.2, 0.25) is 0 Å².